The first kappa shape index (κ1) is 18.7. The van der Waals surface area contributed by atoms with E-state index in [0.29, 0.717) is 12.8 Å². The molecule has 7 heteroatoms. The molecular weight excluding hydrogens is 422 g/mol. The molecular formula is C21H20BrN3O3. The van der Waals surface area contributed by atoms with E-state index in [1.807, 2.05) is 49.4 Å². The summed E-state index contributed by atoms with van der Waals surface area (Å²) in [5, 5.41) is 5.62. The third-order valence-electron chi connectivity index (χ3n) is 5.14. The van der Waals surface area contributed by atoms with E-state index in [4.69, 9.17) is 4.74 Å². The van der Waals surface area contributed by atoms with Crippen LogP contribution in [0.3, 0.4) is 0 Å². The van der Waals surface area contributed by atoms with Gasteiger partial charge < -0.3 is 4.74 Å². The molecule has 3 aromatic rings. The van der Waals surface area contributed by atoms with Crippen LogP contribution in [0.2, 0.25) is 0 Å². The Morgan fingerprint density at radius 3 is 2.64 bits per heavy atom. The molecule has 1 saturated heterocycles. The van der Waals surface area contributed by atoms with Crippen molar-refractivity contribution < 1.29 is 14.3 Å². The third-order valence-corrected chi connectivity index (χ3v) is 5.80. The summed E-state index contributed by atoms with van der Waals surface area (Å²) in [7, 11) is 1.60. The molecule has 0 spiro atoms. The van der Waals surface area contributed by atoms with Crippen molar-refractivity contribution in [2.75, 3.05) is 7.11 Å². The average Bonchev–Trinajstić information content (AvgIpc) is 3.03. The number of piperidine rings is 1. The first-order valence-corrected chi connectivity index (χ1v) is 9.89. The lowest BCUT2D eigenvalue weighted by Crippen LogP contribution is -2.45. The average molecular weight is 442 g/mol. The first-order chi connectivity index (χ1) is 13.5. The van der Waals surface area contributed by atoms with Gasteiger partial charge in [0.2, 0.25) is 5.91 Å². The minimum Gasteiger partial charge on any atom is -0.497 e. The molecule has 2 heterocycles. The lowest BCUT2D eigenvalue weighted by Gasteiger charge is -2.31. The molecule has 1 aromatic heterocycles. The summed E-state index contributed by atoms with van der Waals surface area (Å²) in [4.78, 5) is 27.0. The number of halogens is 1. The van der Waals surface area contributed by atoms with Crippen molar-refractivity contribution in [1.29, 1.82) is 0 Å². The summed E-state index contributed by atoms with van der Waals surface area (Å²) in [5.41, 5.74) is 2.63. The van der Waals surface area contributed by atoms with E-state index < -0.39 is 6.04 Å². The van der Waals surface area contributed by atoms with Crippen molar-refractivity contribution in [3.63, 3.8) is 0 Å². The predicted molar refractivity (Wildman–Crippen MR) is 109 cm³/mol. The lowest BCUT2D eigenvalue weighted by molar-refractivity contribution is -0.152. The van der Waals surface area contributed by atoms with E-state index >= 15 is 0 Å². The molecule has 1 aliphatic rings. The number of aromatic nitrogens is 2. The largest absolute Gasteiger partial charge is 0.497 e. The molecule has 0 aliphatic carbocycles. The second kappa shape index (κ2) is 7.39. The van der Waals surface area contributed by atoms with Gasteiger partial charge in [0.25, 0.3) is 5.91 Å². The van der Waals surface area contributed by atoms with Gasteiger partial charge in [-0.25, -0.2) is 0 Å². The van der Waals surface area contributed by atoms with Crippen molar-refractivity contribution in [3.05, 3.63) is 58.2 Å². The highest BCUT2D eigenvalue weighted by molar-refractivity contribution is 9.10. The Bertz CT molecular complexity index is 1060. The maximum atomic E-state index is 13.2. The van der Waals surface area contributed by atoms with Crippen LogP contribution in [0.4, 0.5) is 0 Å². The lowest BCUT2D eigenvalue weighted by atomic mass is 10.0. The maximum absolute atomic E-state index is 13.2. The SMILES string of the molecule is COc1ccc(CN2C(=O)CCC(n3nc(C)c4c(Br)cccc43)C2=O)cc1. The highest BCUT2D eigenvalue weighted by Gasteiger charge is 2.36. The smallest absolute Gasteiger partial charge is 0.254 e. The van der Waals surface area contributed by atoms with Gasteiger partial charge in [0, 0.05) is 16.3 Å². The number of nitrogens with zero attached hydrogens (tertiary/aromatic N) is 3. The van der Waals surface area contributed by atoms with Gasteiger partial charge in [-0.1, -0.05) is 34.1 Å². The predicted octanol–water partition coefficient (Wildman–Crippen LogP) is 4.01. The summed E-state index contributed by atoms with van der Waals surface area (Å²) in [6.45, 7) is 2.18. The highest BCUT2D eigenvalue weighted by Crippen LogP contribution is 2.32. The van der Waals surface area contributed by atoms with Crippen LogP contribution in [0.15, 0.2) is 46.9 Å². The monoisotopic (exact) mass is 441 g/mol. The number of likely N-dealkylation sites (tertiary alicyclic amines) is 1. The molecule has 0 radical (unpaired) electrons. The van der Waals surface area contributed by atoms with Crippen LogP contribution in [0.5, 0.6) is 5.75 Å². The van der Waals surface area contributed by atoms with Crippen molar-refractivity contribution in [2.24, 2.45) is 0 Å². The fourth-order valence-corrected chi connectivity index (χ4v) is 4.34. The zero-order valence-electron chi connectivity index (χ0n) is 15.7. The van der Waals surface area contributed by atoms with Crippen LogP contribution >= 0.6 is 15.9 Å². The Hall–Kier alpha value is -2.67. The van der Waals surface area contributed by atoms with Crippen molar-refractivity contribution in [2.45, 2.75) is 32.4 Å². The minimum absolute atomic E-state index is 0.147. The van der Waals surface area contributed by atoms with E-state index in [9.17, 15) is 9.59 Å². The van der Waals surface area contributed by atoms with Crippen LogP contribution in [0.25, 0.3) is 10.9 Å². The molecule has 144 valence electrons. The normalized spacial score (nSPS) is 17.4. The number of hydrogen-bond donors (Lipinski definition) is 0. The van der Waals surface area contributed by atoms with Gasteiger partial charge in [0.15, 0.2) is 0 Å². The van der Waals surface area contributed by atoms with Crippen molar-refractivity contribution >= 4 is 38.6 Å². The molecule has 0 saturated carbocycles. The Kier molecular flexibility index (Phi) is 4.93. The molecule has 1 atom stereocenters. The van der Waals surface area contributed by atoms with Crippen molar-refractivity contribution in [3.8, 4) is 5.75 Å². The number of fused-ring (bicyclic) bond motifs is 1. The van der Waals surface area contributed by atoms with E-state index in [1.54, 1.807) is 11.8 Å². The number of methoxy groups -OCH3 is 1. The topological polar surface area (TPSA) is 64.4 Å². The van der Waals surface area contributed by atoms with Gasteiger partial charge in [-0.3, -0.25) is 19.2 Å². The van der Waals surface area contributed by atoms with E-state index in [-0.39, 0.29) is 18.4 Å². The Labute approximate surface area is 171 Å². The second-order valence-corrected chi connectivity index (χ2v) is 7.74. The van der Waals surface area contributed by atoms with Gasteiger partial charge in [-0.05, 0) is 43.2 Å². The Morgan fingerprint density at radius 1 is 1.18 bits per heavy atom. The number of carbonyl (C=O) groups excluding carboxylic acids is 2. The summed E-state index contributed by atoms with van der Waals surface area (Å²) in [5.74, 6) is 0.380. The van der Waals surface area contributed by atoms with Gasteiger partial charge in [-0.2, -0.15) is 5.10 Å². The number of imide groups is 1. The van der Waals surface area contributed by atoms with Crippen LogP contribution < -0.4 is 4.74 Å². The zero-order chi connectivity index (χ0) is 19.8. The molecule has 4 rings (SSSR count). The number of ether oxygens (including phenoxy) is 1. The minimum atomic E-state index is -0.485. The number of benzene rings is 2. The highest BCUT2D eigenvalue weighted by atomic mass is 79.9. The van der Waals surface area contributed by atoms with Crippen molar-refractivity contribution in [1.82, 2.24) is 14.7 Å². The number of amides is 2. The second-order valence-electron chi connectivity index (χ2n) is 6.88. The van der Waals surface area contributed by atoms with Gasteiger partial charge in [-0.15, -0.1) is 0 Å². The van der Waals surface area contributed by atoms with Gasteiger partial charge in [0.1, 0.15) is 11.8 Å². The van der Waals surface area contributed by atoms with E-state index in [2.05, 4.69) is 21.0 Å². The third kappa shape index (κ3) is 3.20. The molecule has 1 aliphatic heterocycles. The standard InChI is InChI=1S/C21H20BrN3O3/c1-13-20-16(22)4-3-5-17(20)25(23-13)18-10-11-19(26)24(21(18)27)12-14-6-8-15(28-2)9-7-14/h3-9,18H,10-12H2,1-2H3. The molecule has 28 heavy (non-hydrogen) atoms. The maximum Gasteiger partial charge on any atom is 0.254 e. The molecule has 1 fully saturated rings. The summed E-state index contributed by atoms with van der Waals surface area (Å²) in [6, 6.07) is 12.8. The molecule has 6 nitrogen and oxygen atoms in total. The quantitative estimate of drug-likeness (QED) is 0.573. The number of hydrogen-bond acceptors (Lipinski definition) is 4. The molecule has 0 N–H and O–H groups in total. The molecule has 1 unspecified atom stereocenters. The zero-order valence-corrected chi connectivity index (χ0v) is 17.3. The van der Waals surface area contributed by atoms with Crippen LogP contribution in [-0.4, -0.2) is 33.6 Å². The van der Waals surface area contributed by atoms with Crippen LogP contribution in [0.1, 0.15) is 30.1 Å². The Balaban J connectivity index is 1.66. The van der Waals surface area contributed by atoms with E-state index in [1.165, 1.54) is 4.90 Å². The van der Waals surface area contributed by atoms with Crippen LogP contribution in [0, 0.1) is 6.92 Å². The van der Waals surface area contributed by atoms with Gasteiger partial charge in [0.05, 0.1) is 24.9 Å². The molecule has 2 amide bonds. The first-order valence-electron chi connectivity index (χ1n) is 9.10. The molecule has 0 bridgehead atoms. The van der Waals surface area contributed by atoms with E-state index in [0.717, 1.165) is 32.4 Å². The summed E-state index contributed by atoms with van der Waals surface area (Å²) >= 11 is 3.56. The van der Waals surface area contributed by atoms with Crippen LogP contribution in [-0.2, 0) is 16.1 Å². The number of aryl methyl sites for hydroxylation is 1. The molecule has 2 aromatic carbocycles. The van der Waals surface area contributed by atoms with Gasteiger partial charge >= 0.3 is 0 Å². The summed E-state index contributed by atoms with van der Waals surface area (Å²) < 4.78 is 7.88. The fraction of sp³-hybridized carbons (Fsp3) is 0.286. The Morgan fingerprint density at radius 2 is 1.93 bits per heavy atom. The number of rotatable bonds is 4. The number of carbonyl (C=O) groups is 2. The fourth-order valence-electron chi connectivity index (χ4n) is 3.69. The summed E-state index contributed by atoms with van der Waals surface area (Å²) in [6.07, 6.45) is 0.778.